The van der Waals surface area contributed by atoms with E-state index < -0.39 is 0 Å². The van der Waals surface area contributed by atoms with Crippen molar-refractivity contribution in [3.63, 3.8) is 0 Å². The number of anilines is 1. The van der Waals surface area contributed by atoms with Gasteiger partial charge in [0.1, 0.15) is 17.2 Å². The number of furan rings is 1. The number of rotatable bonds is 3. The lowest BCUT2D eigenvalue weighted by Gasteiger charge is -2.35. The van der Waals surface area contributed by atoms with Crippen molar-refractivity contribution in [3.8, 4) is 5.82 Å². The molecule has 0 saturated carbocycles. The molecule has 0 atom stereocenters. The number of nitrogens with zero attached hydrogens (tertiary/aromatic N) is 6. The van der Waals surface area contributed by atoms with Gasteiger partial charge in [-0.1, -0.05) is 18.2 Å². The van der Waals surface area contributed by atoms with Gasteiger partial charge >= 0.3 is 0 Å². The fourth-order valence-corrected chi connectivity index (χ4v) is 4.05. The highest BCUT2D eigenvalue weighted by atomic mass is 16.3. The Morgan fingerprint density at radius 2 is 1.68 bits per heavy atom. The summed E-state index contributed by atoms with van der Waals surface area (Å²) in [4.78, 5) is 26.1. The first-order valence-corrected chi connectivity index (χ1v) is 10.4. The van der Waals surface area contributed by atoms with Crippen LogP contribution in [0, 0.1) is 20.8 Å². The van der Waals surface area contributed by atoms with Crippen LogP contribution in [0.4, 0.5) is 5.82 Å². The first kappa shape index (κ1) is 19.3. The van der Waals surface area contributed by atoms with Crippen molar-refractivity contribution in [1.82, 2.24) is 24.6 Å². The second-order valence-electron chi connectivity index (χ2n) is 7.90. The zero-order valence-corrected chi connectivity index (χ0v) is 17.9. The quantitative estimate of drug-likeness (QED) is 0.510. The number of aromatic nitrogens is 4. The number of para-hydroxylation sites is 1. The van der Waals surface area contributed by atoms with Gasteiger partial charge in [0.15, 0.2) is 11.6 Å². The molecule has 0 spiro atoms. The molecule has 1 amide bonds. The Morgan fingerprint density at radius 1 is 0.935 bits per heavy atom. The van der Waals surface area contributed by atoms with Crippen molar-refractivity contribution in [2.24, 2.45) is 0 Å². The predicted octanol–water partition coefficient (Wildman–Crippen LogP) is 3.30. The molecular formula is C23H24N6O2. The Kier molecular flexibility index (Phi) is 4.69. The Balaban J connectivity index is 1.32. The molecule has 4 aromatic rings. The van der Waals surface area contributed by atoms with Crippen molar-refractivity contribution >= 4 is 22.7 Å². The van der Waals surface area contributed by atoms with Gasteiger partial charge in [0, 0.05) is 43.3 Å². The molecule has 0 unspecified atom stereocenters. The highest BCUT2D eigenvalue weighted by Gasteiger charge is 2.25. The summed E-state index contributed by atoms with van der Waals surface area (Å²) >= 11 is 0. The van der Waals surface area contributed by atoms with Crippen molar-refractivity contribution in [2.45, 2.75) is 20.8 Å². The molecule has 1 fully saturated rings. The SMILES string of the molecule is Cc1cc(C)n(-c2cc(N3CCN(C(=O)c4cc5ccccc5o4)CC3)nc(C)n2)n1. The summed E-state index contributed by atoms with van der Waals surface area (Å²) < 4.78 is 7.60. The Hall–Kier alpha value is -3.68. The minimum absolute atomic E-state index is 0.0713. The largest absolute Gasteiger partial charge is 0.451 e. The van der Waals surface area contributed by atoms with Gasteiger partial charge in [-0.05, 0) is 39.0 Å². The number of hydrogen-bond donors (Lipinski definition) is 0. The number of carbonyl (C=O) groups is 1. The van der Waals surface area contributed by atoms with Crippen molar-refractivity contribution in [2.75, 3.05) is 31.1 Å². The van der Waals surface area contributed by atoms with Crippen LogP contribution in [0.5, 0.6) is 0 Å². The fourth-order valence-electron chi connectivity index (χ4n) is 4.05. The summed E-state index contributed by atoms with van der Waals surface area (Å²) in [5, 5.41) is 5.48. The number of aryl methyl sites for hydroxylation is 3. The third-order valence-electron chi connectivity index (χ3n) is 5.56. The molecular weight excluding hydrogens is 392 g/mol. The van der Waals surface area contributed by atoms with Crippen LogP contribution in [-0.4, -0.2) is 56.7 Å². The van der Waals surface area contributed by atoms with E-state index in [1.165, 1.54) is 0 Å². The van der Waals surface area contributed by atoms with Gasteiger partial charge in [0.25, 0.3) is 5.91 Å². The van der Waals surface area contributed by atoms with Crippen molar-refractivity contribution < 1.29 is 9.21 Å². The summed E-state index contributed by atoms with van der Waals surface area (Å²) in [7, 11) is 0. The molecule has 1 aliphatic rings. The standard InChI is InChI=1S/C23H24N6O2/c1-15-12-16(2)29(26-15)22-14-21(24-17(3)25-22)27-8-10-28(11-9-27)23(30)20-13-18-6-4-5-7-19(18)31-20/h4-7,12-14H,8-11H2,1-3H3. The second kappa shape index (κ2) is 7.54. The third-order valence-corrected chi connectivity index (χ3v) is 5.56. The number of piperazine rings is 1. The smallest absolute Gasteiger partial charge is 0.289 e. The highest BCUT2D eigenvalue weighted by molar-refractivity contribution is 5.96. The highest BCUT2D eigenvalue weighted by Crippen LogP contribution is 2.22. The summed E-state index contributed by atoms with van der Waals surface area (Å²) in [6, 6.07) is 13.5. The normalized spacial score (nSPS) is 14.4. The van der Waals surface area contributed by atoms with Gasteiger partial charge in [-0.15, -0.1) is 0 Å². The number of carbonyl (C=O) groups excluding carboxylic acids is 1. The molecule has 1 aromatic carbocycles. The molecule has 1 saturated heterocycles. The van der Waals surface area contributed by atoms with Crippen LogP contribution in [-0.2, 0) is 0 Å². The number of hydrogen-bond acceptors (Lipinski definition) is 6. The van der Waals surface area contributed by atoms with Crippen molar-refractivity contribution in [1.29, 1.82) is 0 Å². The molecule has 5 rings (SSSR count). The molecule has 0 aliphatic carbocycles. The van der Waals surface area contributed by atoms with Gasteiger partial charge in [-0.25, -0.2) is 14.6 Å². The van der Waals surface area contributed by atoms with Gasteiger partial charge in [0.2, 0.25) is 0 Å². The van der Waals surface area contributed by atoms with Crippen LogP contribution >= 0.6 is 0 Å². The maximum Gasteiger partial charge on any atom is 0.289 e. The summed E-state index contributed by atoms with van der Waals surface area (Å²) in [6.07, 6.45) is 0. The van der Waals surface area contributed by atoms with Crippen LogP contribution in [0.15, 0.2) is 46.9 Å². The molecule has 31 heavy (non-hydrogen) atoms. The molecule has 0 radical (unpaired) electrons. The van der Waals surface area contributed by atoms with Crippen LogP contribution in [0.25, 0.3) is 16.8 Å². The van der Waals surface area contributed by atoms with E-state index in [4.69, 9.17) is 4.42 Å². The van der Waals surface area contributed by atoms with Crippen LogP contribution < -0.4 is 4.90 Å². The lowest BCUT2D eigenvalue weighted by atomic mass is 10.2. The zero-order chi connectivity index (χ0) is 21.5. The zero-order valence-electron chi connectivity index (χ0n) is 17.9. The minimum atomic E-state index is -0.0713. The minimum Gasteiger partial charge on any atom is -0.451 e. The third kappa shape index (κ3) is 3.65. The number of benzene rings is 1. The number of amides is 1. The molecule has 3 aromatic heterocycles. The van der Waals surface area contributed by atoms with E-state index in [9.17, 15) is 4.79 Å². The van der Waals surface area contributed by atoms with E-state index in [0.29, 0.717) is 37.8 Å². The molecule has 1 aliphatic heterocycles. The van der Waals surface area contributed by atoms with E-state index >= 15 is 0 Å². The van der Waals surface area contributed by atoms with Gasteiger partial charge in [-0.3, -0.25) is 4.79 Å². The van der Waals surface area contributed by atoms with E-state index in [1.807, 2.05) is 72.8 Å². The van der Waals surface area contributed by atoms with E-state index in [0.717, 1.165) is 34.0 Å². The number of fused-ring (bicyclic) bond motifs is 1. The monoisotopic (exact) mass is 416 g/mol. The Labute approximate surface area is 180 Å². The Bertz CT molecular complexity index is 1230. The molecule has 0 N–H and O–H groups in total. The van der Waals surface area contributed by atoms with Gasteiger partial charge in [-0.2, -0.15) is 5.10 Å². The van der Waals surface area contributed by atoms with E-state index in [1.54, 1.807) is 0 Å². The van der Waals surface area contributed by atoms with E-state index in [-0.39, 0.29) is 5.91 Å². The van der Waals surface area contributed by atoms with Crippen LogP contribution in [0.1, 0.15) is 27.8 Å². The summed E-state index contributed by atoms with van der Waals surface area (Å²) in [5.74, 6) is 2.62. The average Bonchev–Trinajstić information content (AvgIpc) is 3.35. The molecule has 4 heterocycles. The lowest BCUT2D eigenvalue weighted by Crippen LogP contribution is -2.49. The van der Waals surface area contributed by atoms with Crippen LogP contribution in [0.3, 0.4) is 0 Å². The molecule has 158 valence electrons. The van der Waals surface area contributed by atoms with Gasteiger partial charge < -0.3 is 14.2 Å². The molecule has 8 nitrogen and oxygen atoms in total. The summed E-state index contributed by atoms with van der Waals surface area (Å²) in [6.45, 7) is 8.47. The van der Waals surface area contributed by atoms with Crippen LogP contribution in [0.2, 0.25) is 0 Å². The average molecular weight is 416 g/mol. The molecule has 0 bridgehead atoms. The van der Waals surface area contributed by atoms with Crippen molar-refractivity contribution in [3.05, 3.63) is 65.4 Å². The van der Waals surface area contributed by atoms with Gasteiger partial charge in [0.05, 0.1) is 5.69 Å². The summed E-state index contributed by atoms with van der Waals surface area (Å²) in [5.41, 5.74) is 2.72. The fraction of sp³-hybridized carbons (Fsp3) is 0.304. The lowest BCUT2D eigenvalue weighted by molar-refractivity contribution is 0.0717. The second-order valence-corrected chi connectivity index (χ2v) is 7.90. The van der Waals surface area contributed by atoms with E-state index in [2.05, 4.69) is 20.0 Å². The first-order chi connectivity index (χ1) is 15.0. The predicted molar refractivity (Wildman–Crippen MR) is 118 cm³/mol. The Morgan fingerprint density at radius 3 is 2.39 bits per heavy atom. The topological polar surface area (TPSA) is 80.3 Å². The first-order valence-electron chi connectivity index (χ1n) is 10.4. The maximum absolute atomic E-state index is 12.9. The maximum atomic E-state index is 12.9. The molecule has 8 heteroatoms.